The van der Waals surface area contributed by atoms with Crippen LogP contribution in [-0.4, -0.2) is 10.7 Å². The zero-order valence-corrected chi connectivity index (χ0v) is 23.9. The molecule has 1 unspecified atom stereocenters. The summed E-state index contributed by atoms with van der Waals surface area (Å²) in [6, 6.07) is 17.5. The number of Topliss-reactive ketones (excluding diaryl/α,β-unsaturated/α-hetero) is 1. The second kappa shape index (κ2) is 11.3. The van der Waals surface area contributed by atoms with Crippen molar-refractivity contribution >= 4 is 40.4 Å². The molecule has 5 rings (SSSR count). The van der Waals surface area contributed by atoms with Gasteiger partial charge in [-0.15, -0.1) is 0 Å². The van der Waals surface area contributed by atoms with Crippen LogP contribution in [0.1, 0.15) is 47.4 Å². The van der Waals surface area contributed by atoms with Crippen LogP contribution in [0.5, 0.6) is 5.75 Å². The van der Waals surface area contributed by atoms with Crippen molar-refractivity contribution in [1.29, 1.82) is 5.26 Å². The summed E-state index contributed by atoms with van der Waals surface area (Å²) in [6.07, 6.45) is 1.33. The molecule has 0 radical (unpaired) electrons. The van der Waals surface area contributed by atoms with Gasteiger partial charge in [0.25, 0.3) is 5.69 Å². The highest BCUT2D eigenvalue weighted by Crippen LogP contribution is 2.49. The highest BCUT2D eigenvalue weighted by atomic mass is 35.5. The largest absolute Gasteiger partial charge is 0.489 e. The molecule has 0 saturated heterocycles. The number of nitro groups is 1. The molecule has 3 aromatic carbocycles. The van der Waals surface area contributed by atoms with Crippen molar-refractivity contribution in [3.05, 3.63) is 120 Å². The quantitative estimate of drug-likeness (QED) is 0.235. The zero-order chi connectivity index (χ0) is 29.4. The predicted molar refractivity (Wildman–Crippen MR) is 158 cm³/mol. The van der Waals surface area contributed by atoms with Gasteiger partial charge in [-0.05, 0) is 85.3 Å². The maximum Gasteiger partial charge on any atom is 0.294 e. The Morgan fingerprint density at radius 1 is 1.07 bits per heavy atom. The van der Waals surface area contributed by atoms with E-state index in [2.05, 4.69) is 6.07 Å². The summed E-state index contributed by atoms with van der Waals surface area (Å²) >= 11 is 12.1. The van der Waals surface area contributed by atoms with Gasteiger partial charge in [0.2, 0.25) is 0 Å². The molecule has 0 amide bonds. The molecule has 0 spiro atoms. The number of nitrogens with two attached hydrogens (primary N) is 1. The van der Waals surface area contributed by atoms with Crippen LogP contribution >= 0.6 is 23.2 Å². The lowest BCUT2D eigenvalue weighted by molar-refractivity contribution is -0.384. The van der Waals surface area contributed by atoms with Crippen molar-refractivity contribution in [2.24, 2.45) is 5.73 Å². The minimum Gasteiger partial charge on any atom is -0.489 e. The van der Waals surface area contributed by atoms with Gasteiger partial charge in [0, 0.05) is 33.8 Å². The molecule has 3 aromatic rings. The van der Waals surface area contributed by atoms with E-state index in [-0.39, 0.29) is 40.2 Å². The molecule has 1 aliphatic heterocycles. The Bertz CT molecular complexity index is 1690. The van der Waals surface area contributed by atoms with Crippen molar-refractivity contribution in [1.82, 2.24) is 0 Å². The van der Waals surface area contributed by atoms with E-state index in [9.17, 15) is 20.2 Å². The number of carbonyl (C=O) groups excluding carboxylic acids is 1. The maximum absolute atomic E-state index is 13.6. The first-order valence-corrected chi connectivity index (χ1v) is 13.7. The fraction of sp³-hybridized carbons (Fsp3) is 0.226. The van der Waals surface area contributed by atoms with Crippen LogP contribution in [0.15, 0.2) is 77.3 Å². The summed E-state index contributed by atoms with van der Waals surface area (Å²) in [5.74, 6) is -0.129. The van der Waals surface area contributed by atoms with Gasteiger partial charge in [-0.25, -0.2) is 0 Å². The van der Waals surface area contributed by atoms with Gasteiger partial charge in [-0.1, -0.05) is 35.3 Å². The normalized spacial score (nSPS) is 16.9. The van der Waals surface area contributed by atoms with Crippen LogP contribution in [0.4, 0.5) is 11.4 Å². The monoisotopic (exact) mass is 588 g/mol. The summed E-state index contributed by atoms with van der Waals surface area (Å²) < 4.78 is 6.01. The molecule has 10 heteroatoms. The number of ether oxygens (including phenoxy) is 1. The fourth-order valence-electron chi connectivity index (χ4n) is 5.58. The number of hydrogen-bond donors (Lipinski definition) is 1. The van der Waals surface area contributed by atoms with Crippen LogP contribution in [0.25, 0.3) is 0 Å². The second-order valence-corrected chi connectivity index (χ2v) is 11.0. The van der Waals surface area contributed by atoms with Crippen molar-refractivity contribution < 1.29 is 14.5 Å². The molecule has 1 aliphatic carbocycles. The van der Waals surface area contributed by atoms with Gasteiger partial charge in [0.1, 0.15) is 23.9 Å². The molecule has 0 aromatic heterocycles. The number of halogens is 2. The van der Waals surface area contributed by atoms with Gasteiger partial charge in [0.15, 0.2) is 5.78 Å². The number of allylic oxidation sites excluding steroid dienone is 3. The molecule has 0 saturated carbocycles. The zero-order valence-electron chi connectivity index (χ0n) is 22.4. The van der Waals surface area contributed by atoms with Gasteiger partial charge in [-0.3, -0.25) is 19.8 Å². The van der Waals surface area contributed by atoms with Crippen molar-refractivity contribution in [3.63, 3.8) is 0 Å². The number of hydrogen-bond acceptors (Lipinski definition) is 7. The summed E-state index contributed by atoms with van der Waals surface area (Å²) in [6.45, 7) is 4.17. The van der Waals surface area contributed by atoms with E-state index in [0.717, 1.165) is 22.3 Å². The molecule has 208 valence electrons. The molecular weight excluding hydrogens is 563 g/mol. The van der Waals surface area contributed by atoms with Crippen molar-refractivity contribution in [2.45, 2.75) is 45.6 Å². The topological polar surface area (TPSA) is 122 Å². The number of nitro benzene ring substituents is 1. The first-order chi connectivity index (χ1) is 19.6. The third kappa shape index (κ3) is 5.26. The van der Waals surface area contributed by atoms with E-state index in [0.29, 0.717) is 41.3 Å². The van der Waals surface area contributed by atoms with Crippen LogP contribution in [0.2, 0.25) is 10.0 Å². The van der Waals surface area contributed by atoms with E-state index in [1.54, 1.807) is 24.3 Å². The van der Waals surface area contributed by atoms with Gasteiger partial charge < -0.3 is 10.5 Å². The average molecular weight is 589 g/mol. The van der Waals surface area contributed by atoms with E-state index in [1.807, 2.05) is 26.0 Å². The Labute approximate surface area is 247 Å². The summed E-state index contributed by atoms with van der Waals surface area (Å²) in [5.41, 5.74) is 11.2. The van der Waals surface area contributed by atoms with Crippen LogP contribution < -0.4 is 15.4 Å². The van der Waals surface area contributed by atoms with Crippen LogP contribution in [0, 0.1) is 35.3 Å². The number of aryl methyl sites for hydroxylation is 2. The van der Waals surface area contributed by atoms with Gasteiger partial charge in [0.05, 0.1) is 22.5 Å². The number of ketones is 1. The minimum atomic E-state index is -0.722. The molecule has 2 aliphatic rings. The lowest BCUT2D eigenvalue weighted by atomic mass is 9.74. The Balaban J connectivity index is 1.66. The Hall–Kier alpha value is -4.32. The molecular formula is C31H26Cl2N4O4. The van der Waals surface area contributed by atoms with E-state index >= 15 is 0 Å². The third-order valence-electron chi connectivity index (χ3n) is 7.53. The van der Waals surface area contributed by atoms with Crippen molar-refractivity contribution in [3.8, 4) is 11.8 Å². The standard InChI is InChI=1S/C31H26Cl2N4O4/c1-17-12-18(2)23(13-19(17)16-41-22-9-6-20(32)7-10-22)29-24(15-34)31(35)36(26-4-3-5-28(38)30(26)29)25-11-8-21(33)14-27(25)37(39)40/h6-14,29H,3-5,16,35H2,1-2H3. The number of anilines is 1. The van der Waals surface area contributed by atoms with E-state index in [1.165, 1.54) is 23.1 Å². The smallest absolute Gasteiger partial charge is 0.294 e. The maximum atomic E-state index is 13.6. The first kappa shape index (κ1) is 28.2. The summed E-state index contributed by atoms with van der Waals surface area (Å²) in [4.78, 5) is 26.5. The summed E-state index contributed by atoms with van der Waals surface area (Å²) in [7, 11) is 0. The number of nitrogens with zero attached hydrogens (tertiary/aromatic N) is 3. The fourth-order valence-corrected chi connectivity index (χ4v) is 5.87. The summed E-state index contributed by atoms with van der Waals surface area (Å²) in [5, 5.41) is 23.2. The van der Waals surface area contributed by atoms with E-state index < -0.39 is 10.8 Å². The van der Waals surface area contributed by atoms with Gasteiger partial charge in [-0.2, -0.15) is 5.26 Å². The van der Waals surface area contributed by atoms with Crippen molar-refractivity contribution in [2.75, 3.05) is 4.90 Å². The molecule has 0 fully saturated rings. The Kier molecular flexibility index (Phi) is 7.76. The average Bonchev–Trinajstić information content (AvgIpc) is 2.93. The molecule has 1 heterocycles. The molecule has 2 N–H and O–H groups in total. The highest BCUT2D eigenvalue weighted by Gasteiger charge is 2.42. The van der Waals surface area contributed by atoms with Gasteiger partial charge >= 0.3 is 0 Å². The lowest BCUT2D eigenvalue weighted by Gasteiger charge is -2.39. The third-order valence-corrected chi connectivity index (χ3v) is 8.02. The highest BCUT2D eigenvalue weighted by molar-refractivity contribution is 6.31. The number of nitriles is 1. The predicted octanol–water partition coefficient (Wildman–Crippen LogP) is 7.40. The SMILES string of the molecule is Cc1cc(C)c(C2C(C#N)=C(N)N(c3ccc(Cl)cc3[N+](=O)[O-])C3=C2C(=O)CCC3)cc1COc1ccc(Cl)cc1. The van der Waals surface area contributed by atoms with Crippen LogP contribution in [-0.2, 0) is 11.4 Å². The van der Waals surface area contributed by atoms with E-state index in [4.69, 9.17) is 33.7 Å². The molecule has 41 heavy (non-hydrogen) atoms. The molecule has 1 atom stereocenters. The number of rotatable bonds is 6. The first-order valence-electron chi connectivity index (χ1n) is 13.0. The Morgan fingerprint density at radius 3 is 2.46 bits per heavy atom. The minimum absolute atomic E-state index is 0.0512. The van der Waals surface area contributed by atoms with Crippen LogP contribution in [0.3, 0.4) is 0 Å². The number of benzene rings is 3. The Morgan fingerprint density at radius 2 is 1.78 bits per heavy atom. The second-order valence-electron chi connectivity index (χ2n) is 10.1. The molecule has 0 bridgehead atoms. The lowest BCUT2D eigenvalue weighted by Crippen LogP contribution is -2.39. The molecule has 8 nitrogen and oxygen atoms in total. The number of carbonyl (C=O) groups is 1.